The molecule has 2 rings (SSSR count). The van der Waals surface area contributed by atoms with Gasteiger partial charge in [0, 0.05) is 38.8 Å². The van der Waals surface area contributed by atoms with E-state index in [2.05, 4.69) is 66.9 Å². The summed E-state index contributed by atoms with van der Waals surface area (Å²) in [5.74, 6) is 2.65. The Labute approximate surface area is 188 Å². The Morgan fingerprint density at radius 1 is 1.25 bits per heavy atom. The predicted molar refractivity (Wildman–Crippen MR) is 130 cm³/mol. The van der Waals surface area contributed by atoms with Crippen LogP contribution in [0.2, 0.25) is 0 Å². The zero-order valence-electron chi connectivity index (χ0n) is 18.5. The van der Waals surface area contributed by atoms with Crippen LogP contribution in [0.15, 0.2) is 29.3 Å². The van der Waals surface area contributed by atoms with Crippen LogP contribution < -0.4 is 10.1 Å². The fourth-order valence-corrected chi connectivity index (χ4v) is 3.61. The van der Waals surface area contributed by atoms with Gasteiger partial charge in [-0.1, -0.05) is 32.0 Å². The molecule has 6 heteroatoms. The van der Waals surface area contributed by atoms with Gasteiger partial charge in [0.15, 0.2) is 5.96 Å². The average Bonchev–Trinajstić information content (AvgIpc) is 3.08. The zero-order valence-corrected chi connectivity index (χ0v) is 20.8. The molecule has 1 unspecified atom stereocenters. The van der Waals surface area contributed by atoms with Crippen LogP contribution >= 0.6 is 24.0 Å². The van der Waals surface area contributed by atoms with Crippen LogP contribution in [-0.4, -0.2) is 61.1 Å². The number of hydrogen-bond donors (Lipinski definition) is 1. The van der Waals surface area contributed by atoms with Crippen LogP contribution in [-0.2, 0) is 6.54 Å². The van der Waals surface area contributed by atoms with Gasteiger partial charge in [0.25, 0.3) is 0 Å². The van der Waals surface area contributed by atoms with Crippen LogP contribution in [0.3, 0.4) is 0 Å². The highest BCUT2D eigenvalue weighted by Crippen LogP contribution is 2.23. The van der Waals surface area contributed by atoms with Gasteiger partial charge < -0.3 is 19.9 Å². The third kappa shape index (κ3) is 7.78. The molecular weight excluding hydrogens is 463 g/mol. The molecule has 1 aliphatic rings. The zero-order chi connectivity index (χ0) is 19.9. The lowest BCUT2D eigenvalue weighted by atomic mass is 10.1. The predicted octanol–water partition coefficient (Wildman–Crippen LogP) is 4.22. The van der Waals surface area contributed by atoms with E-state index >= 15 is 0 Å². The molecule has 160 valence electrons. The first-order valence-electron chi connectivity index (χ1n) is 10.3. The van der Waals surface area contributed by atoms with Crippen molar-refractivity contribution < 1.29 is 4.74 Å². The number of nitrogens with zero attached hydrogens (tertiary/aromatic N) is 3. The first-order valence-corrected chi connectivity index (χ1v) is 10.3. The molecule has 1 heterocycles. The van der Waals surface area contributed by atoms with Crippen molar-refractivity contribution in [3.05, 3.63) is 29.8 Å². The highest BCUT2D eigenvalue weighted by molar-refractivity contribution is 14.0. The van der Waals surface area contributed by atoms with Gasteiger partial charge in [-0.25, -0.2) is 0 Å². The molecule has 0 amide bonds. The number of ether oxygens (including phenoxy) is 1. The summed E-state index contributed by atoms with van der Waals surface area (Å²) in [6.07, 6.45) is 1.24. The van der Waals surface area contributed by atoms with Crippen molar-refractivity contribution in [2.24, 2.45) is 10.9 Å². The summed E-state index contributed by atoms with van der Waals surface area (Å²) in [7, 11) is 1.87. The molecule has 0 spiro atoms. The van der Waals surface area contributed by atoms with Crippen molar-refractivity contribution in [2.75, 3.05) is 39.8 Å². The van der Waals surface area contributed by atoms with Gasteiger partial charge in [0.1, 0.15) is 11.4 Å². The van der Waals surface area contributed by atoms with Crippen LogP contribution in [0.25, 0.3) is 0 Å². The van der Waals surface area contributed by atoms with Crippen molar-refractivity contribution >= 4 is 29.9 Å². The van der Waals surface area contributed by atoms with E-state index in [1.54, 1.807) is 0 Å². The largest absolute Gasteiger partial charge is 0.488 e. The standard InChI is InChI=1S/C22H38N4O.HI/c1-7-25(8-2)16-18-13-14-26(17-18)21(23-6)24-15-19-11-9-10-12-20(19)27-22(3,4)5;/h9-12,18H,7-8,13-17H2,1-6H3,(H,23,24);1H. The lowest BCUT2D eigenvalue weighted by molar-refractivity contribution is 0.129. The Kier molecular flexibility index (Phi) is 10.6. The SMILES string of the molecule is CCN(CC)CC1CCN(C(=NC)NCc2ccccc2OC(C)(C)C)C1.I. The first-order chi connectivity index (χ1) is 12.9. The third-order valence-electron chi connectivity index (χ3n) is 5.03. The van der Waals surface area contributed by atoms with E-state index in [0.29, 0.717) is 0 Å². The van der Waals surface area contributed by atoms with Crippen LogP contribution in [0.5, 0.6) is 5.75 Å². The number of guanidine groups is 1. The number of benzene rings is 1. The van der Waals surface area contributed by atoms with E-state index in [9.17, 15) is 0 Å². The Hall–Kier alpha value is -1.02. The van der Waals surface area contributed by atoms with E-state index in [1.165, 1.54) is 13.0 Å². The highest BCUT2D eigenvalue weighted by atomic mass is 127. The number of nitrogens with one attached hydrogen (secondary N) is 1. The first kappa shape index (κ1) is 25.0. The van der Waals surface area contributed by atoms with Gasteiger partial charge in [0.2, 0.25) is 0 Å². The van der Waals surface area contributed by atoms with Crippen LogP contribution in [0, 0.1) is 5.92 Å². The Morgan fingerprint density at radius 2 is 1.93 bits per heavy atom. The molecule has 0 aromatic heterocycles. The van der Waals surface area contributed by atoms with E-state index in [4.69, 9.17) is 4.74 Å². The quantitative estimate of drug-likeness (QED) is 0.345. The molecule has 1 N–H and O–H groups in total. The Morgan fingerprint density at radius 3 is 2.54 bits per heavy atom. The van der Waals surface area contributed by atoms with Crippen molar-refractivity contribution in [1.29, 1.82) is 0 Å². The topological polar surface area (TPSA) is 40.1 Å². The average molecular weight is 502 g/mol. The second kappa shape index (κ2) is 11.9. The molecule has 0 saturated carbocycles. The minimum atomic E-state index is -0.204. The summed E-state index contributed by atoms with van der Waals surface area (Å²) < 4.78 is 6.11. The molecule has 1 fully saturated rings. The summed E-state index contributed by atoms with van der Waals surface area (Å²) >= 11 is 0. The van der Waals surface area contributed by atoms with Crippen LogP contribution in [0.1, 0.15) is 46.6 Å². The molecule has 0 aliphatic carbocycles. The van der Waals surface area contributed by atoms with E-state index < -0.39 is 0 Å². The molecule has 1 aromatic carbocycles. The van der Waals surface area contributed by atoms with Crippen molar-refractivity contribution in [2.45, 2.75) is 53.2 Å². The number of aliphatic imine (C=N–C) groups is 1. The maximum Gasteiger partial charge on any atom is 0.193 e. The summed E-state index contributed by atoms with van der Waals surface area (Å²) in [5, 5.41) is 3.54. The monoisotopic (exact) mass is 502 g/mol. The lowest BCUT2D eigenvalue weighted by Gasteiger charge is -2.26. The third-order valence-corrected chi connectivity index (χ3v) is 5.03. The molecule has 1 aromatic rings. The second-order valence-corrected chi connectivity index (χ2v) is 8.31. The molecule has 0 bridgehead atoms. The minimum absolute atomic E-state index is 0. The highest BCUT2D eigenvalue weighted by Gasteiger charge is 2.26. The van der Waals surface area contributed by atoms with E-state index in [-0.39, 0.29) is 29.6 Å². The molecule has 5 nitrogen and oxygen atoms in total. The normalized spacial score (nSPS) is 17.6. The fourth-order valence-electron chi connectivity index (χ4n) is 3.61. The smallest absolute Gasteiger partial charge is 0.193 e. The van der Waals surface area contributed by atoms with Gasteiger partial charge in [0.05, 0.1) is 0 Å². The van der Waals surface area contributed by atoms with E-state index in [0.717, 1.165) is 55.9 Å². The number of halogens is 1. The summed E-state index contributed by atoms with van der Waals surface area (Å²) in [6, 6.07) is 8.25. The number of hydrogen-bond acceptors (Lipinski definition) is 3. The molecule has 28 heavy (non-hydrogen) atoms. The molecular formula is C22H39IN4O. The van der Waals surface area contributed by atoms with Crippen molar-refractivity contribution in [3.8, 4) is 5.75 Å². The summed E-state index contributed by atoms with van der Waals surface area (Å²) in [5.41, 5.74) is 0.956. The van der Waals surface area contributed by atoms with Gasteiger partial charge >= 0.3 is 0 Å². The van der Waals surface area contributed by atoms with Gasteiger partial charge in [-0.2, -0.15) is 0 Å². The van der Waals surface area contributed by atoms with Crippen molar-refractivity contribution in [1.82, 2.24) is 15.1 Å². The van der Waals surface area contributed by atoms with Gasteiger partial charge in [-0.15, -0.1) is 24.0 Å². The lowest BCUT2D eigenvalue weighted by Crippen LogP contribution is -2.40. The summed E-state index contributed by atoms with van der Waals surface area (Å²) in [4.78, 5) is 9.43. The maximum absolute atomic E-state index is 6.11. The molecule has 1 saturated heterocycles. The fraction of sp³-hybridized carbons (Fsp3) is 0.682. The minimum Gasteiger partial charge on any atom is -0.488 e. The number of rotatable bonds is 7. The Balaban J connectivity index is 0.00000392. The number of para-hydroxylation sites is 1. The van der Waals surface area contributed by atoms with Gasteiger partial charge in [-0.3, -0.25) is 4.99 Å². The van der Waals surface area contributed by atoms with Crippen molar-refractivity contribution in [3.63, 3.8) is 0 Å². The summed E-state index contributed by atoms with van der Waals surface area (Å²) in [6.45, 7) is 17.0. The molecule has 1 atom stereocenters. The van der Waals surface area contributed by atoms with Crippen LogP contribution in [0.4, 0.5) is 0 Å². The second-order valence-electron chi connectivity index (χ2n) is 8.31. The molecule has 0 radical (unpaired) electrons. The van der Waals surface area contributed by atoms with E-state index in [1.807, 2.05) is 19.2 Å². The van der Waals surface area contributed by atoms with Gasteiger partial charge in [-0.05, 0) is 52.3 Å². The Bertz CT molecular complexity index is 611. The molecule has 1 aliphatic heterocycles. The maximum atomic E-state index is 6.11. The number of likely N-dealkylation sites (tertiary alicyclic amines) is 1.